The van der Waals surface area contributed by atoms with Crippen LogP contribution in [0.3, 0.4) is 0 Å². The number of carbonyl (C=O) groups is 1. The van der Waals surface area contributed by atoms with Gasteiger partial charge in [0, 0.05) is 11.3 Å². The van der Waals surface area contributed by atoms with Gasteiger partial charge in [0.2, 0.25) is 0 Å². The normalized spacial score (nSPS) is 20.3. The molecule has 2 atom stereocenters. The number of hydrogen-bond donors (Lipinski definition) is 0. The minimum atomic E-state index is -0.0827. The molecule has 1 heterocycles. The number of carbonyl (C=O) groups excluding carboxylic acids is 1. The number of benzene rings is 2. The van der Waals surface area contributed by atoms with Crippen molar-refractivity contribution in [2.45, 2.75) is 30.4 Å². The standard InChI is InChI=1S/C19H19NOS2/c1-2-16-18(17(21)15-11-7-4-8-12-15)23-19(20-16)22-13-14-9-5-3-6-10-14/h3-12,16,18H,2,13H2,1H3/t16-,18+/m0/s1. The number of rotatable bonds is 5. The third-order valence-corrected chi connectivity index (χ3v) is 6.35. The van der Waals surface area contributed by atoms with Crippen molar-refractivity contribution in [3.8, 4) is 0 Å². The first-order valence-corrected chi connectivity index (χ1v) is 9.65. The third kappa shape index (κ3) is 4.06. The maximum atomic E-state index is 12.7. The molecule has 0 amide bonds. The monoisotopic (exact) mass is 341 g/mol. The molecule has 0 radical (unpaired) electrons. The van der Waals surface area contributed by atoms with Crippen LogP contribution in [0.15, 0.2) is 65.7 Å². The summed E-state index contributed by atoms with van der Waals surface area (Å²) in [4.78, 5) is 17.5. The summed E-state index contributed by atoms with van der Waals surface area (Å²) in [7, 11) is 0. The molecule has 0 saturated heterocycles. The van der Waals surface area contributed by atoms with Gasteiger partial charge in [-0.2, -0.15) is 0 Å². The maximum absolute atomic E-state index is 12.7. The first kappa shape index (κ1) is 16.3. The molecule has 0 aliphatic carbocycles. The number of nitrogens with zero attached hydrogens (tertiary/aromatic N) is 1. The van der Waals surface area contributed by atoms with Crippen LogP contribution in [0.5, 0.6) is 0 Å². The lowest BCUT2D eigenvalue weighted by molar-refractivity contribution is 0.0982. The molecule has 0 saturated carbocycles. The second kappa shape index (κ2) is 7.84. The van der Waals surface area contributed by atoms with E-state index in [2.05, 4.69) is 31.2 Å². The molecule has 0 bridgehead atoms. The van der Waals surface area contributed by atoms with Gasteiger partial charge in [0.25, 0.3) is 0 Å². The zero-order valence-electron chi connectivity index (χ0n) is 13.0. The predicted molar refractivity (Wildman–Crippen MR) is 101 cm³/mol. The molecule has 0 unspecified atom stereocenters. The van der Waals surface area contributed by atoms with E-state index in [4.69, 9.17) is 4.99 Å². The van der Waals surface area contributed by atoms with Gasteiger partial charge in [-0.05, 0) is 12.0 Å². The van der Waals surface area contributed by atoms with Crippen molar-refractivity contribution in [1.29, 1.82) is 0 Å². The fourth-order valence-electron chi connectivity index (χ4n) is 2.51. The Morgan fingerprint density at radius 2 is 1.74 bits per heavy atom. The van der Waals surface area contributed by atoms with Gasteiger partial charge in [0.1, 0.15) is 4.38 Å². The van der Waals surface area contributed by atoms with Crippen molar-refractivity contribution in [2.24, 2.45) is 4.99 Å². The molecule has 0 aromatic heterocycles. The van der Waals surface area contributed by atoms with Gasteiger partial charge < -0.3 is 0 Å². The molecule has 0 spiro atoms. The fraction of sp³-hybridized carbons (Fsp3) is 0.263. The van der Waals surface area contributed by atoms with E-state index >= 15 is 0 Å². The minimum absolute atomic E-state index is 0.0827. The SMILES string of the molecule is CC[C@@H]1N=C(SCc2ccccc2)S[C@H]1C(=O)c1ccccc1. The van der Waals surface area contributed by atoms with Gasteiger partial charge in [-0.15, -0.1) is 0 Å². The van der Waals surface area contributed by atoms with E-state index in [0.717, 1.165) is 22.1 Å². The molecule has 2 aromatic carbocycles. The molecule has 3 rings (SSSR count). The van der Waals surface area contributed by atoms with Gasteiger partial charge in [0.05, 0.1) is 11.3 Å². The zero-order valence-corrected chi connectivity index (χ0v) is 14.6. The van der Waals surface area contributed by atoms with E-state index < -0.39 is 0 Å². The number of thioether (sulfide) groups is 2. The highest BCUT2D eigenvalue weighted by Crippen LogP contribution is 2.37. The molecule has 4 heteroatoms. The number of hydrogen-bond acceptors (Lipinski definition) is 4. The van der Waals surface area contributed by atoms with Crippen LogP contribution >= 0.6 is 23.5 Å². The number of Topliss-reactive ketones (excluding diaryl/α,β-unsaturated/α-hetero) is 1. The lowest BCUT2D eigenvalue weighted by Crippen LogP contribution is -2.26. The highest BCUT2D eigenvalue weighted by Gasteiger charge is 2.35. The summed E-state index contributed by atoms with van der Waals surface area (Å²) in [6.07, 6.45) is 0.894. The van der Waals surface area contributed by atoms with E-state index in [1.165, 1.54) is 5.56 Å². The number of ketones is 1. The minimum Gasteiger partial charge on any atom is -0.293 e. The van der Waals surface area contributed by atoms with Crippen LogP contribution in [0.4, 0.5) is 0 Å². The fourth-order valence-corrected chi connectivity index (χ4v) is 5.03. The summed E-state index contributed by atoms with van der Waals surface area (Å²) in [6, 6.07) is 20.0. The summed E-state index contributed by atoms with van der Waals surface area (Å²) in [5.74, 6) is 1.09. The summed E-state index contributed by atoms with van der Waals surface area (Å²) in [6.45, 7) is 2.10. The Kier molecular flexibility index (Phi) is 5.57. The summed E-state index contributed by atoms with van der Waals surface area (Å²) < 4.78 is 1.04. The zero-order chi connectivity index (χ0) is 16.1. The predicted octanol–water partition coefficient (Wildman–Crippen LogP) is 5.05. The van der Waals surface area contributed by atoms with Crippen LogP contribution in [0.1, 0.15) is 29.3 Å². The Balaban J connectivity index is 1.65. The second-order valence-corrected chi connectivity index (χ2v) is 7.77. The molecule has 118 valence electrons. The Bertz CT molecular complexity index is 685. The van der Waals surface area contributed by atoms with Crippen LogP contribution in [0, 0.1) is 0 Å². The van der Waals surface area contributed by atoms with E-state index in [0.29, 0.717) is 0 Å². The first-order chi connectivity index (χ1) is 11.3. The van der Waals surface area contributed by atoms with Crippen molar-refractivity contribution in [1.82, 2.24) is 0 Å². The van der Waals surface area contributed by atoms with Crippen molar-refractivity contribution in [2.75, 3.05) is 0 Å². The van der Waals surface area contributed by atoms with Crippen LogP contribution in [-0.2, 0) is 5.75 Å². The Morgan fingerprint density at radius 1 is 1.09 bits per heavy atom. The Labute approximate surface area is 145 Å². The van der Waals surface area contributed by atoms with Crippen LogP contribution < -0.4 is 0 Å². The lowest BCUT2D eigenvalue weighted by atomic mass is 10.0. The molecule has 23 heavy (non-hydrogen) atoms. The molecule has 2 aromatic rings. The summed E-state index contributed by atoms with van der Waals surface area (Å²) in [5.41, 5.74) is 2.07. The van der Waals surface area contributed by atoms with Crippen LogP contribution in [0.25, 0.3) is 0 Å². The molecule has 1 aliphatic rings. The highest BCUT2D eigenvalue weighted by molar-refractivity contribution is 8.39. The smallest absolute Gasteiger partial charge is 0.178 e. The third-order valence-electron chi connectivity index (χ3n) is 3.79. The van der Waals surface area contributed by atoms with E-state index in [1.54, 1.807) is 23.5 Å². The molecule has 1 aliphatic heterocycles. The van der Waals surface area contributed by atoms with Gasteiger partial charge in [-0.1, -0.05) is 91.1 Å². The Hall–Kier alpha value is -1.52. The van der Waals surface area contributed by atoms with E-state index in [1.807, 2.05) is 36.4 Å². The van der Waals surface area contributed by atoms with E-state index in [9.17, 15) is 4.79 Å². The van der Waals surface area contributed by atoms with Gasteiger partial charge in [0.15, 0.2) is 5.78 Å². The molecule has 0 N–H and O–H groups in total. The summed E-state index contributed by atoms with van der Waals surface area (Å²) >= 11 is 3.36. The second-order valence-electron chi connectivity index (χ2n) is 5.41. The molecule has 0 fully saturated rings. The highest BCUT2D eigenvalue weighted by atomic mass is 32.2. The summed E-state index contributed by atoms with van der Waals surface area (Å²) in [5, 5.41) is -0.0827. The van der Waals surface area contributed by atoms with Crippen LogP contribution in [-0.4, -0.2) is 21.5 Å². The molecular formula is C19H19NOS2. The maximum Gasteiger partial charge on any atom is 0.178 e. The van der Waals surface area contributed by atoms with Crippen LogP contribution in [0.2, 0.25) is 0 Å². The van der Waals surface area contributed by atoms with Gasteiger partial charge in [-0.25, -0.2) is 0 Å². The quantitative estimate of drug-likeness (QED) is 0.713. The number of aliphatic imine (C=N–C) groups is 1. The molecule has 2 nitrogen and oxygen atoms in total. The van der Waals surface area contributed by atoms with Gasteiger partial charge >= 0.3 is 0 Å². The van der Waals surface area contributed by atoms with Crippen molar-refractivity contribution < 1.29 is 4.79 Å². The van der Waals surface area contributed by atoms with Crippen molar-refractivity contribution in [3.05, 3.63) is 71.8 Å². The van der Waals surface area contributed by atoms with Gasteiger partial charge in [-0.3, -0.25) is 9.79 Å². The lowest BCUT2D eigenvalue weighted by Gasteiger charge is -2.14. The Morgan fingerprint density at radius 3 is 2.39 bits per heavy atom. The first-order valence-electron chi connectivity index (χ1n) is 7.78. The average molecular weight is 342 g/mol. The topological polar surface area (TPSA) is 29.4 Å². The molecular weight excluding hydrogens is 322 g/mol. The largest absolute Gasteiger partial charge is 0.293 e. The van der Waals surface area contributed by atoms with Crippen molar-refractivity contribution in [3.63, 3.8) is 0 Å². The van der Waals surface area contributed by atoms with E-state index in [-0.39, 0.29) is 17.1 Å². The average Bonchev–Trinajstić information content (AvgIpc) is 3.04. The van der Waals surface area contributed by atoms with Crippen molar-refractivity contribution >= 4 is 33.7 Å².